The molecule has 0 unspecified atom stereocenters. The monoisotopic (exact) mass is 268 g/mol. The van der Waals surface area contributed by atoms with Crippen LogP contribution in [0.2, 0.25) is 0 Å². The Morgan fingerprint density at radius 3 is 2.74 bits per heavy atom. The molecule has 7 heteroatoms. The van der Waals surface area contributed by atoms with Crippen LogP contribution in [0.25, 0.3) is 17.0 Å². The number of rotatable bonds is 3. The molecule has 2 rings (SSSR count). The summed E-state index contributed by atoms with van der Waals surface area (Å²) >= 11 is 0. The first kappa shape index (κ1) is 13.0. The number of nitro groups is 1. The molecule has 0 aliphatic carbocycles. The van der Waals surface area contributed by atoms with Crippen molar-refractivity contribution in [1.82, 2.24) is 4.57 Å². The molecule has 0 radical (unpaired) electrons. The highest BCUT2D eigenvalue weighted by atomic mass is 19.1. The van der Waals surface area contributed by atoms with Gasteiger partial charge in [-0.25, -0.2) is 8.78 Å². The van der Waals surface area contributed by atoms with E-state index in [4.69, 9.17) is 0 Å². The van der Waals surface area contributed by atoms with Crippen molar-refractivity contribution < 1.29 is 18.4 Å². The molecule has 0 saturated carbocycles. The third-order valence-corrected chi connectivity index (χ3v) is 2.74. The number of fused-ring (bicyclic) bond motifs is 1. The maximum Gasteiger partial charge on any atom is 0.235 e. The molecule has 1 aromatic heterocycles. The van der Waals surface area contributed by atoms with Crippen molar-refractivity contribution >= 4 is 17.0 Å². The molecule has 0 aliphatic heterocycles. The minimum absolute atomic E-state index is 0.0823. The number of aryl methyl sites for hydroxylation is 1. The van der Waals surface area contributed by atoms with Gasteiger partial charge in [0, 0.05) is 36.3 Å². The van der Waals surface area contributed by atoms with E-state index < -0.39 is 22.3 Å². The number of nitrogens with zero attached hydrogens (tertiary/aromatic N) is 2. The smallest absolute Gasteiger partial charge is 0.235 e. The van der Waals surface area contributed by atoms with E-state index in [0.717, 1.165) is 19.3 Å². The predicted octanol–water partition coefficient (Wildman–Crippen LogP) is 2.71. The zero-order valence-electron chi connectivity index (χ0n) is 10.2. The van der Waals surface area contributed by atoms with Crippen LogP contribution < -0.4 is 4.74 Å². The summed E-state index contributed by atoms with van der Waals surface area (Å²) in [4.78, 5) is 9.66. The van der Waals surface area contributed by atoms with Gasteiger partial charge in [0.15, 0.2) is 17.4 Å². The zero-order chi connectivity index (χ0) is 14.2. The van der Waals surface area contributed by atoms with Crippen LogP contribution in [0.15, 0.2) is 18.5 Å². The van der Waals surface area contributed by atoms with Crippen LogP contribution >= 0.6 is 0 Å². The van der Waals surface area contributed by atoms with Crippen molar-refractivity contribution in [2.75, 3.05) is 7.11 Å². The molecule has 2 aromatic rings. The van der Waals surface area contributed by atoms with E-state index in [-0.39, 0.29) is 10.9 Å². The molecule has 0 amide bonds. The number of methoxy groups -OCH3 is 1. The van der Waals surface area contributed by atoms with Crippen LogP contribution in [0.3, 0.4) is 0 Å². The second kappa shape index (κ2) is 4.68. The zero-order valence-corrected chi connectivity index (χ0v) is 10.2. The number of hydrogen-bond donors (Lipinski definition) is 0. The number of halogens is 2. The number of hydrogen-bond acceptors (Lipinski definition) is 3. The van der Waals surface area contributed by atoms with Crippen molar-refractivity contribution in [3.05, 3.63) is 45.8 Å². The van der Waals surface area contributed by atoms with Gasteiger partial charge in [-0.05, 0) is 0 Å². The van der Waals surface area contributed by atoms with E-state index in [1.165, 1.54) is 10.8 Å². The highest BCUT2D eigenvalue weighted by Crippen LogP contribution is 2.33. The lowest BCUT2D eigenvalue weighted by Crippen LogP contribution is -1.95. The third kappa shape index (κ3) is 2.14. The fourth-order valence-electron chi connectivity index (χ4n) is 1.94. The summed E-state index contributed by atoms with van der Waals surface area (Å²) in [6, 6.07) is 1.13. The van der Waals surface area contributed by atoms with Gasteiger partial charge in [0.2, 0.25) is 6.20 Å². The van der Waals surface area contributed by atoms with E-state index in [9.17, 15) is 18.9 Å². The SMILES string of the molecule is COc1c(F)cc2c(c(C=C[N+](=O)[O-])cn2C)c1F. The molecule has 0 fully saturated rings. The van der Waals surface area contributed by atoms with Gasteiger partial charge >= 0.3 is 0 Å². The fourth-order valence-corrected chi connectivity index (χ4v) is 1.94. The van der Waals surface area contributed by atoms with Crippen LogP contribution in [-0.4, -0.2) is 16.6 Å². The van der Waals surface area contributed by atoms with Crippen LogP contribution in [-0.2, 0) is 7.05 Å². The van der Waals surface area contributed by atoms with Gasteiger partial charge in [-0.15, -0.1) is 0 Å². The molecular formula is C12H10F2N2O3. The number of ether oxygens (including phenoxy) is 1. The van der Waals surface area contributed by atoms with Crippen molar-refractivity contribution in [3.8, 4) is 5.75 Å². The molecule has 1 heterocycles. The first-order valence-electron chi connectivity index (χ1n) is 5.28. The van der Waals surface area contributed by atoms with Crippen LogP contribution in [0.1, 0.15) is 5.56 Å². The summed E-state index contributed by atoms with van der Waals surface area (Å²) in [5.41, 5.74) is 0.573. The molecule has 0 atom stereocenters. The van der Waals surface area contributed by atoms with Gasteiger partial charge in [-0.2, -0.15) is 0 Å². The van der Waals surface area contributed by atoms with E-state index in [0.29, 0.717) is 11.7 Å². The lowest BCUT2D eigenvalue weighted by molar-refractivity contribution is -0.400. The first-order valence-corrected chi connectivity index (χ1v) is 5.28. The normalized spacial score (nSPS) is 11.4. The molecule has 5 nitrogen and oxygen atoms in total. The van der Waals surface area contributed by atoms with Crippen molar-refractivity contribution in [2.24, 2.45) is 7.05 Å². The Labute approximate surface area is 106 Å². The molecule has 0 spiro atoms. The highest BCUT2D eigenvalue weighted by molar-refractivity contribution is 5.91. The standard InChI is InChI=1S/C12H10F2N2O3/c1-15-6-7(3-4-16(17)18)10-9(15)5-8(13)12(19-2)11(10)14/h3-6H,1-2H3. The molecule has 1 aromatic carbocycles. The first-order chi connectivity index (χ1) is 8.95. The Hall–Kier alpha value is -2.44. The van der Waals surface area contributed by atoms with Gasteiger partial charge in [0.1, 0.15) is 0 Å². The van der Waals surface area contributed by atoms with Gasteiger partial charge < -0.3 is 9.30 Å². The number of aromatic nitrogens is 1. The Bertz CT molecular complexity index is 692. The van der Waals surface area contributed by atoms with Gasteiger partial charge in [-0.3, -0.25) is 10.1 Å². The van der Waals surface area contributed by atoms with E-state index in [1.54, 1.807) is 7.05 Å². The Kier molecular flexibility index (Phi) is 3.20. The maximum atomic E-state index is 14.1. The average Bonchev–Trinajstić information content (AvgIpc) is 2.64. The van der Waals surface area contributed by atoms with Crippen molar-refractivity contribution in [1.29, 1.82) is 0 Å². The summed E-state index contributed by atoms with van der Waals surface area (Å²) in [5.74, 6) is -2.20. The predicted molar refractivity (Wildman–Crippen MR) is 65.4 cm³/mol. The highest BCUT2D eigenvalue weighted by Gasteiger charge is 2.19. The van der Waals surface area contributed by atoms with E-state index >= 15 is 0 Å². The molecule has 0 saturated heterocycles. The molecule has 0 aliphatic rings. The van der Waals surface area contributed by atoms with Crippen LogP contribution in [0.5, 0.6) is 5.75 Å². The second-order valence-electron chi connectivity index (χ2n) is 3.90. The van der Waals surface area contributed by atoms with Crippen molar-refractivity contribution in [3.63, 3.8) is 0 Å². The second-order valence-corrected chi connectivity index (χ2v) is 3.90. The quantitative estimate of drug-likeness (QED) is 0.635. The topological polar surface area (TPSA) is 57.3 Å². The fraction of sp³-hybridized carbons (Fsp3) is 0.167. The summed E-state index contributed by atoms with van der Waals surface area (Å²) in [6.45, 7) is 0. The molecule has 0 N–H and O–H groups in total. The number of benzene rings is 1. The van der Waals surface area contributed by atoms with E-state index in [1.807, 2.05) is 0 Å². The maximum absolute atomic E-state index is 14.1. The summed E-state index contributed by atoms with van der Waals surface area (Å²) in [7, 11) is 2.75. The lowest BCUT2D eigenvalue weighted by Gasteiger charge is -2.05. The van der Waals surface area contributed by atoms with Crippen LogP contribution in [0.4, 0.5) is 8.78 Å². The largest absolute Gasteiger partial charge is 0.491 e. The third-order valence-electron chi connectivity index (χ3n) is 2.74. The van der Waals surface area contributed by atoms with Gasteiger partial charge in [0.25, 0.3) is 0 Å². The van der Waals surface area contributed by atoms with Gasteiger partial charge in [-0.1, -0.05) is 0 Å². The molecule has 0 bridgehead atoms. The Morgan fingerprint density at radius 2 is 2.16 bits per heavy atom. The molecular weight excluding hydrogens is 258 g/mol. The summed E-state index contributed by atoms with van der Waals surface area (Å²) in [6.07, 6.45) is 3.33. The lowest BCUT2D eigenvalue weighted by atomic mass is 10.1. The van der Waals surface area contributed by atoms with E-state index in [2.05, 4.69) is 4.74 Å². The van der Waals surface area contributed by atoms with Crippen molar-refractivity contribution in [2.45, 2.75) is 0 Å². The minimum atomic E-state index is -0.874. The van der Waals surface area contributed by atoms with Crippen LogP contribution in [0, 0.1) is 21.7 Å². The Balaban J connectivity index is 2.77. The summed E-state index contributed by atoms with van der Waals surface area (Å²) in [5, 5.41) is 10.4. The average molecular weight is 268 g/mol. The Morgan fingerprint density at radius 1 is 1.47 bits per heavy atom. The minimum Gasteiger partial charge on any atom is -0.491 e. The molecule has 100 valence electrons. The van der Waals surface area contributed by atoms with Gasteiger partial charge in [0.05, 0.1) is 17.5 Å². The molecule has 19 heavy (non-hydrogen) atoms. The summed E-state index contributed by atoms with van der Waals surface area (Å²) < 4.78 is 33.9.